The van der Waals surface area contributed by atoms with Gasteiger partial charge in [0, 0.05) is 11.8 Å². The van der Waals surface area contributed by atoms with Gasteiger partial charge in [0.2, 0.25) is 5.43 Å². The molecule has 1 aromatic heterocycles. The lowest BCUT2D eigenvalue weighted by Gasteiger charge is -2.14. The largest absolute Gasteiger partial charge is 0.477 e. The van der Waals surface area contributed by atoms with E-state index in [9.17, 15) is 18.4 Å². The smallest absolute Gasteiger partial charge is 0.342 e. The second-order valence-corrected chi connectivity index (χ2v) is 5.01. The molecular formula is C13H8ClF2NO3. The van der Waals surface area contributed by atoms with Crippen molar-refractivity contribution in [3.63, 3.8) is 0 Å². The van der Waals surface area contributed by atoms with E-state index < -0.39 is 35.0 Å². The molecule has 0 unspecified atom stereocenters. The topological polar surface area (TPSA) is 59.3 Å². The standard InChI is InChI=1S/C13H8ClF2NO3/c14-12-10(13(19)20)11(18)6-3-5(15)1-2-8(6)17(12)9-4-7(9)16/h1-3,7,9H,4H2,(H,19,20)/t7-,9+/m0/s1. The summed E-state index contributed by atoms with van der Waals surface area (Å²) in [6.07, 6.45) is -0.960. The lowest BCUT2D eigenvalue weighted by molar-refractivity contribution is 0.0695. The van der Waals surface area contributed by atoms with Crippen LogP contribution < -0.4 is 5.43 Å². The van der Waals surface area contributed by atoms with Crippen LogP contribution in [0.4, 0.5) is 8.78 Å². The molecule has 104 valence electrons. The number of carboxylic acid groups (broad SMARTS) is 1. The van der Waals surface area contributed by atoms with Crippen molar-refractivity contribution >= 4 is 28.5 Å². The van der Waals surface area contributed by atoms with Gasteiger partial charge in [0.05, 0.1) is 11.6 Å². The fourth-order valence-corrected chi connectivity index (χ4v) is 2.67. The summed E-state index contributed by atoms with van der Waals surface area (Å²) in [4.78, 5) is 23.2. The average molecular weight is 300 g/mol. The summed E-state index contributed by atoms with van der Waals surface area (Å²) >= 11 is 5.95. The number of rotatable bonds is 2. The van der Waals surface area contributed by atoms with Gasteiger partial charge in [0.1, 0.15) is 22.7 Å². The molecule has 1 N–H and O–H groups in total. The minimum Gasteiger partial charge on any atom is -0.477 e. The van der Waals surface area contributed by atoms with Crippen LogP contribution in [0.2, 0.25) is 5.15 Å². The van der Waals surface area contributed by atoms with Crippen LogP contribution in [0.1, 0.15) is 22.8 Å². The maximum atomic E-state index is 13.3. The summed E-state index contributed by atoms with van der Waals surface area (Å²) in [7, 11) is 0. The molecule has 0 saturated heterocycles. The molecule has 1 aliphatic rings. The Morgan fingerprint density at radius 3 is 2.65 bits per heavy atom. The van der Waals surface area contributed by atoms with Crippen LogP contribution in [0.3, 0.4) is 0 Å². The van der Waals surface area contributed by atoms with Gasteiger partial charge in [-0.2, -0.15) is 0 Å². The first kappa shape index (κ1) is 13.1. The molecule has 1 aliphatic carbocycles. The van der Waals surface area contributed by atoms with Crippen LogP contribution in [-0.4, -0.2) is 21.8 Å². The number of alkyl halides is 1. The second kappa shape index (κ2) is 4.28. The van der Waals surface area contributed by atoms with Gasteiger partial charge in [-0.15, -0.1) is 0 Å². The first-order chi connectivity index (χ1) is 9.41. The lowest BCUT2D eigenvalue weighted by Crippen LogP contribution is -2.21. The summed E-state index contributed by atoms with van der Waals surface area (Å²) in [5.41, 5.74) is -1.30. The molecule has 4 nitrogen and oxygen atoms in total. The Kier molecular flexibility index (Phi) is 2.79. The number of carboxylic acids is 1. The SMILES string of the molecule is O=C(O)c1c(Cl)n([C@@H]2C[C@@H]2F)c2ccc(F)cc2c1=O. The lowest BCUT2D eigenvalue weighted by atomic mass is 10.1. The molecular weight excluding hydrogens is 292 g/mol. The Balaban J connectivity index is 2.47. The molecule has 2 atom stereocenters. The number of aromatic nitrogens is 1. The average Bonchev–Trinajstić information content (AvgIpc) is 3.07. The molecule has 2 aromatic rings. The van der Waals surface area contributed by atoms with Crippen LogP contribution in [0.25, 0.3) is 10.9 Å². The van der Waals surface area contributed by atoms with Gasteiger partial charge in [-0.25, -0.2) is 13.6 Å². The summed E-state index contributed by atoms with van der Waals surface area (Å²) in [5.74, 6) is -2.19. The summed E-state index contributed by atoms with van der Waals surface area (Å²) < 4.78 is 27.8. The normalized spacial score (nSPS) is 21.1. The minimum atomic E-state index is -1.52. The number of halogens is 3. The van der Waals surface area contributed by atoms with E-state index in [0.29, 0.717) is 0 Å². The van der Waals surface area contributed by atoms with E-state index in [4.69, 9.17) is 16.7 Å². The van der Waals surface area contributed by atoms with E-state index in [1.165, 1.54) is 10.6 Å². The van der Waals surface area contributed by atoms with Crippen LogP contribution in [0.15, 0.2) is 23.0 Å². The Morgan fingerprint density at radius 2 is 2.10 bits per heavy atom. The van der Waals surface area contributed by atoms with Crippen molar-refractivity contribution in [2.75, 3.05) is 0 Å². The predicted molar refractivity (Wildman–Crippen MR) is 68.7 cm³/mol. The van der Waals surface area contributed by atoms with Crippen molar-refractivity contribution in [2.45, 2.75) is 18.6 Å². The molecule has 20 heavy (non-hydrogen) atoms. The van der Waals surface area contributed by atoms with Crippen molar-refractivity contribution in [1.82, 2.24) is 4.57 Å². The van der Waals surface area contributed by atoms with Crippen LogP contribution in [0.5, 0.6) is 0 Å². The van der Waals surface area contributed by atoms with Gasteiger partial charge in [0.25, 0.3) is 0 Å². The Morgan fingerprint density at radius 1 is 1.45 bits per heavy atom. The maximum absolute atomic E-state index is 13.3. The van der Waals surface area contributed by atoms with Crippen molar-refractivity contribution in [2.24, 2.45) is 0 Å². The number of aromatic carboxylic acids is 1. The Bertz CT molecular complexity index is 802. The minimum absolute atomic E-state index is 0.120. The Hall–Kier alpha value is -1.95. The van der Waals surface area contributed by atoms with Gasteiger partial charge in [-0.05, 0) is 18.2 Å². The first-order valence-corrected chi connectivity index (χ1v) is 6.20. The Labute approximate surface area is 116 Å². The van der Waals surface area contributed by atoms with E-state index in [0.717, 1.165) is 12.1 Å². The molecule has 0 radical (unpaired) electrons. The highest BCUT2D eigenvalue weighted by atomic mass is 35.5. The molecule has 1 fully saturated rings. The van der Waals surface area contributed by atoms with Crippen molar-refractivity contribution < 1.29 is 18.7 Å². The summed E-state index contributed by atoms with van der Waals surface area (Å²) in [6.45, 7) is 0. The van der Waals surface area contributed by atoms with Crippen molar-refractivity contribution in [3.8, 4) is 0 Å². The monoisotopic (exact) mass is 299 g/mol. The molecule has 7 heteroatoms. The van der Waals surface area contributed by atoms with E-state index in [1.54, 1.807) is 0 Å². The highest BCUT2D eigenvalue weighted by molar-refractivity contribution is 6.33. The third kappa shape index (κ3) is 1.79. The fourth-order valence-electron chi connectivity index (χ4n) is 2.28. The number of hydrogen-bond acceptors (Lipinski definition) is 2. The van der Waals surface area contributed by atoms with Gasteiger partial charge >= 0.3 is 5.97 Å². The summed E-state index contributed by atoms with van der Waals surface area (Å²) in [6, 6.07) is 2.74. The van der Waals surface area contributed by atoms with Crippen molar-refractivity contribution in [3.05, 3.63) is 45.0 Å². The molecule has 3 rings (SSSR count). The van der Waals surface area contributed by atoms with Crippen LogP contribution in [0, 0.1) is 5.82 Å². The van der Waals surface area contributed by atoms with Gasteiger partial charge in [-0.3, -0.25) is 4.79 Å². The quantitative estimate of drug-likeness (QED) is 0.868. The van der Waals surface area contributed by atoms with Gasteiger partial charge < -0.3 is 9.67 Å². The zero-order valence-corrected chi connectivity index (χ0v) is 10.7. The third-order valence-corrected chi connectivity index (χ3v) is 3.71. The number of pyridine rings is 1. The fraction of sp³-hybridized carbons (Fsp3) is 0.231. The van der Waals surface area contributed by atoms with Gasteiger partial charge in [-0.1, -0.05) is 11.6 Å². The third-order valence-electron chi connectivity index (χ3n) is 3.33. The molecule has 0 aliphatic heterocycles. The van der Waals surface area contributed by atoms with Crippen LogP contribution >= 0.6 is 11.6 Å². The molecule has 1 heterocycles. The van der Waals surface area contributed by atoms with E-state index in [-0.39, 0.29) is 22.5 Å². The molecule has 0 amide bonds. The predicted octanol–water partition coefficient (Wildman–Crippen LogP) is 2.78. The highest BCUT2D eigenvalue weighted by Gasteiger charge is 2.41. The van der Waals surface area contributed by atoms with Gasteiger partial charge in [0.15, 0.2) is 0 Å². The number of nitrogens with zero attached hydrogens (tertiary/aromatic N) is 1. The molecule has 0 spiro atoms. The number of fused-ring (bicyclic) bond motifs is 1. The molecule has 1 aromatic carbocycles. The number of benzene rings is 1. The van der Waals surface area contributed by atoms with Crippen LogP contribution in [-0.2, 0) is 0 Å². The first-order valence-electron chi connectivity index (χ1n) is 5.82. The van der Waals surface area contributed by atoms with E-state index in [2.05, 4.69) is 0 Å². The van der Waals surface area contributed by atoms with Crippen molar-refractivity contribution in [1.29, 1.82) is 0 Å². The number of hydrogen-bond donors (Lipinski definition) is 1. The molecule has 0 bridgehead atoms. The highest BCUT2D eigenvalue weighted by Crippen LogP contribution is 2.43. The second-order valence-electron chi connectivity index (χ2n) is 4.65. The van der Waals surface area contributed by atoms with E-state index >= 15 is 0 Å². The summed E-state index contributed by atoms with van der Waals surface area (Å²) in [5, 5.41) is 8.64. The maximum Gasteiger partial charge on any atom is 0.342 e. The van der Waals surface area contributed by atoms with E-state index in [1.807, 2.05) is 0 Å². The number of carbonyl (C=O) groups is 1. The zero-order valence-electron chi connectivity index (χ0n) is 9.94. The zero-order chi connectivity index (χ0) is 14.6. The molecule has 1 saturated carbocycles.